The summed E-state index contributed by atoms with van der Waals surface area (Å²) in [5.74, 6) is 1.30. The van der Waals surface area contributed by atoms with Gasteiger partial charge in [-0.1, -0.05) is 11.2 Å². The lowest BCUT2D eigenvalue weighted by Gasteiger charge is -2.06. The Hall–Kier alpha value is -3.26. The van der Waals surface area contributed by atoms with Crippen molar-refractivity contribution in [3.8, 4) is 21.3 Å². The summed E-state index contributed by atoms with van der Waals surface area (Å²) in [5, 5.41) is 6.91. The van der Waals surface area contributed by atoms with Crippen LogP contribution in [0.1, 0.15) is 5.56 Å². The van der Waals surface area contributed by atoms with Crippen molar-refractivity contribution >= 4 is 23.0 Å². The predicted octanol–water partition coefficient (Wildman–Crippen LogP) is 3.60. The number of thiophene rings is 1. The molecule has 25 heavy (non-hydrogen) atoms. The summed E-state index contributed by atoms with van der Waals surface area (Å²) < 4.78 is 4.54. The Morgan fingerprint density at radius 3 is 2.80 bits per heavy atom. The van der Waals surface area contributed by atoms with Gasteiger partial charge in [0, 0.05) is 6.20 Å². The Kier molecular flexibility index (Phi) is 3.87. The number of rotatable bonds is 4. The van der Waals surface area contributed by atoms with Crippen molar-refractivity contribution in [2.45, 2.75) is 6.92 Å². The van der Waals surface area contributed by atoms with Gasteiger partial charge in [0.05, 0.1) is 15.4 Å². The predicted molar refractivity (Wildman–Crippen MR) is 95.9 cm³/mol. The summed E-state index contributed by atoms with van der Waals surface area (Å²) in [6.07, 6.45) is 1.76. The maximum Gasteiger partial charge on any atom is 0.439 e. The summed E-state index contributed by atoms with van der Waals surface area (Å²) in [5.41, 5.74) is 1.94. The maximum absolute atomic E-state index is 11.1. The van der Waals surface area contributed by atoms with Crippen molar-refractivity contribution in [3.05, 3.63) is 64.8 Å². The molecule has 0 amide bonds. The number of aromatic amines is 1. The molecular weight excluding hydrogens is 338 g/mol. The lowest BCUT2D eigenvalue weighted by Crippen LogP contribution is -1.96. The third kappa shape index (κ3) is 3.33. The van der Waals surface area contributed by atoms with Gasteiger partial charge in [-0.3, -0.25) is 9.51 Å². The minimum Gasteiger partial charge on any atom is -0.325 e. The fraction of sp³-hybridized carbons (Fsp3) is 0.0588. The van der Waals surface area contributed by atoms with Crippen LogP contribution in [0.3, 0.4) is 0 Å². The van der Waals surface area contributed by atoms with E-state index in [1.54, 1.807) is 6.20 Å². The van der Waals surface area contributed by atoms with Crippen LogP contribution < -0.4 is 11.1 Å². The molecule has 4 aromatic rings. The van der Waals surface area contributed by atoms with Gasteiger partial charge < -0.3 is 5.32 Å². The van der Waals surface area contributed by atoms with Gasteiger partial charge in [-0.2, -0.15) is 0 Å². The zero-order valence-electron chi connectivity index (χ0n) is 13.2. The van der Waals surface area contributed by atoms with Crippen molar-refractivity contribution < 1.29 is 4.52 Å². The van der Waals surface area contributed by atoms with Crippen LogP contribution >= 0.6 is 11.3 Å². The maximum atomic E-state index is 11.1. The SMILES string of the molecule is Cc1ccnc(Nc2cccc(-c3ccc(-c4noc(=O)[nH]4)s3)n2)c1. The highest BCUT2D eigenvalue weighted by Gasteiger charge is 2.10. The normalized spacial score (nSPS) is 10.8. The summed E-state index contributed by atoms with van der Waals surface area (Å²) in [6, 6.07) is 13.4. The molecular formula is C17H13N5O2S. The Bertz CT molecular complexity index is 1080. The standard InChI is InChI=1S/C17H13N5O2S/c1-10-7-8-18-15(9-10)20-14-4-2-3-11(19-14)12-5-6-13(25-12)16-21-17(23)24-22-16/h2-9H,1H3,(H,18,19,20)(H,21,22,23). The van der Waals surface area contributed by atoms with Gasteiger partial charge in [0.25, 0.3) is 0 Å². The summed E-state index contributed by atoms with van der Waals surface area (Å²) in [7, 11) is 0. The van der Waals surface area contributed by atoms with Gasteiger partial charge in [0.2, 0.25) is 0 Å². The molecule has 2 N–H and O–H groups in total. The van der Waals surface area contributed by atoms with Gasteiger partial charge >= 0.3 is 5.76 Å². The molecule has 0 unspecified atom stereocenters. The van der Waals surface area contributed by atoms with Crippen molar-refractivity contribution in [1.29, 1.82) is 0 Å². The number of hydrogen-bond acceptors (Lipinski definition) is 7. The van der Waals surface area contributed by atoms with Crippen molar-refractivity contribution in [2.24, 2.45) is 0 Å². The molecule has 0 aromatic carbocycles. The zero-order valence-corrected chi connectivity index (χ0v) is 14.0. The third-order valence-electron chi connectivity index (χ3n) is 3.45. The second-order valence-electron chi connectivity index (χ2n) is 5.36. The van der Waals surface area contributed by atoms with E-state index in [1.165, 1.54) is 11.3 Å². The van der Waals surface area contributed by atoms with Crippen LogP contribution in [0.15, 0.2) is 58.0 Å². The molecule has 0 saturated heterocycles. The molecule has 0 aliphatic rings. The lowest BCUT2D eigenvalue weighted by molar-refractivity contribution is 0.388. The molecule has 7 nitrogen and oxygen atoms in total. The average molecular weight is 351 g/mol. The highest BCUT2D eigenvalue weighted by atomic mass is 32.1. The Labute approximate surface area is 146 Å². The Morgan fingerprint density at radius 2 is 2.00 bits per heavy atom. The first-order valence-electron chi connectivity index (χ1n) is 7.51. The van der Waals surface area contributed by atoms with Crippen LogP contribution in [-0.2, 0) is 0 Å². The van der Waals surface area contributed by atoms with E-state index in [0.717, 1.165) is 26.8 Å². The minimum absolute atomic E-state index is 0.416. The second-order valence-corrected chi connectivity index (χ2v) is 6.44. The highest BCUT2D eigenvalue weighted by Crippen LogP contribution is 2.32. The Balaban J connectivity index is 1.61. The number of nitrogens with zero attached hydrogens (tertiary/aromatic N) is 3. The quantitative estimate of drug-likeness (QED) is 0.583. The number of nitrogens with one attached hydrogen (secondary N) is 2. The Morgan fingerprint density at radius 1 is 1.12 bits per heavy atom. The lowest BCUT2D eigenvalue weighted by atomic mass is 10.3. The molecule has 0 bridgehead atoms. The molecule has 0 saturated carbocycles. The smallest absolute Gasteiger partial charge is 0.325 e. The van der Waals surface area contributed by atoms with Crippen molar-refractivity contribution in [3.63, 3.8) is 0 Å². The van der Waals surface area contributed by atoms with E-state index in [9.17, 15) is 4.79 Å². The van der Waals surface area contributed by atoms with Gasteiger partial charge in [-0.25, -0.2) is 14.8 Å². The number of hydrogen-bond donors (Lipinski definition) is 2. The van der Waals surface area contributed by atoms with E-state index in [-0.39, 0.29) is 0 Å². The van der Waals surface area contributed by atoms with E-state index < -0.39 is 5.76 Å². The van der Waals surface area contributed by atoms with Crippen LogP contribution in [0, 0.1) is 6.92 Å². The van der Waals surface area contributed by atoms with Crippen LogP contribution in [0.25, 0.3) is 21.3 Å². The summed E-state index contributed by atoms with van der Waals surface area (Å²) in [4.78, 5) is 24.3. The molecule has 124 valence electrons. The number of pyridine rings is 2. The van der Waals surface area contributed by atoms with Crippen LogP contribution in [-0.4, -0.2) is 20.1 Å². The van der Waals surface area contributed by atoms with Crippen LogP contribution in [0.4, 0.5) is 11.6 Å². The molecule has 4 aromatic heterocycles. The van der Waals surface area contributed by atoms with E-state index in [2.05, 4.69) is 29.9 Å². The minimum atomic E-state index is -0.570. The molecule has 0 fully saturated rings. The fourth-order valence-corrected chi connectivity index (χ4v) is 3.23. The molecule has 4 heterocycles. The van der Waals surface area contributed by atoms with Gasteiger partial charge in [-0.05, 0) is 48.9 Å². The molecule has 0 spiro atoms. The van der Waals surface area contributed by atoms with Gasteiger partial charge in [-0.15, -0.1) is 11.3 Å². The van der Waals surface area contributed by atoms with Gasteiger partial charge in [0.1, 0.15) is 11.6 Å². The first kappa shape index (κ1) is 15.3. The molecule has 0 radical (unpaired) electrons. The van der Waals surface area contributed by atoms with Crippen molar-refractivity contribution in [2.75, 3.05) is 5.32 Å². The number of aryl methyl sites for hydroxylation is 1. The second kappa shape index (κ2) is 6.33. The van der Waals surface area contributed by atoms with E-state index in [0.29, 0.717) is 11.6 Å². The molecule has 4 rings (SSSR count). The first-order chi connectivity index (χ1) is 12.2. The molecule has 8 heteroatoms. The van der Waals surface area contributed by atoms with Crippen LogP contribution in [0.2, 0.25) is 0 Å². The fourth-order valence-electron chi connectivity index (χ4n) is 2.32. The molecule has 0 atom stereocenters. The van der Waals surface area contributed by atoms with Crippen LogP contribution in [0.5, 0.6) is 0 Å². The average Bonchev–Trinajstić information content (AvgIpc) is 3.24. The summed E-state index contributed by atoms with van der Waals surface area (Å²) >= 11 is 1.47. The number of H-pyrrole nitrogens is 1. The monoisotopic (exact) mass is 351 g/mol. The highest BCUT2D eigenvalue weighted by molar-refractivity contribution is 7.18. The number of aromatic nitrogens is 4. The van der Waals surface area contributed by atoms with Crippen molar-refractivity contribution in [1.82, 2.24) is 20.1 Å². The summed E-state index contributed by atoms with van der Waals surface area (Å²) in [6.45, 7) is 2.01. The topological polar surface area (TPSA) is 96.7 Å². The third-order valence-corrected chi connectivity index (χ3v) is 4.57. The largest absolute Gasteiger partial charge is 0.439 e. The number of anilines is 2. The first-order valence-corrected chi connectivity index (χ1v) is 8.32. The van der Waals surface area contributed by atoms with E-state index >= 15 is 0 Å². The van der Waals surface area contributed by atoms with E-state index in [1.807, 2.05) is 49.4 Å². The molecule has 0 aliphatic heterocycles. The molecule has 0 aliphatic carbocycles. The zero-order chi connectivity index (χ0) is 17.2. The van der Waals surface area contributed by atoms with Gasteiger partial charge in [0.15, 0.2) is 5.82 Å². The van der Waals surface area contributed by atoms with E-state index in [4.69, 9.17) is 0 Å².